The molecule has 4 rings (SSSR count). The molecule has 2 aromatic rings. The summed E-state index contributed by atoms with van der Waals surface area (Å²) in [6, 6.07) is 12.4. The number of benzene rings is 1. The highest BCUT2D eigenvalue weighted by Crippen LogP contribution is 2.34. The van der Waals surface area contributed by atoms with Gasteiger partial charge in [0.1, 0.15) is 5.69 Å². The third-order valence-corrected chi connectivity index (χ3v) is 5.23. The highest BCUT2D eigenvalue weighted by molar-refractivity contribution is 5.93. The van der Waals surface area contributed by atoms with Crippen LogP contribution in [0.5, 0.6) is 0 Å². The van der Waals surface area contributed by atoms with Gasteiger partial charge in [-0.3, -0.25) is 9.78 Å². The van der Waals surface area contributed by atoms with Gasteiger partial charge in [0.2, 0.25) is 0 Å². The van der Waals surface area contributed by atoms with Gasteiger partial charge < -0.3 is 9.80 Å². The molecule has 0 atom stereocenters. The van der Waals surface area contributed by atoms with Gasteiger partial charge >= 0.3 is 0 Å². The van der Waals surface area contributed by atoms with Gasteiger partial charge in [-0.25, -0.2) is 0 Å². The number of nitrogens with zero attached hydrogens (tertiary/aromatic N) is 3. The molecule has 0 radical (unpaired) electrons. The Kier molecular flexibility index (Phi) is 3.97. The Bertz CT molecular complexity index is 750. The van der Waals surface area contributed by atoms with Crippen LogP contribution in [0.25, 0.3) is 0 Å². The van der Waals surface area contributed by atoms with E-state index in [4.69, 9.17) is 0 Å². The lowest BCUT2D eigenvalue weighted by Crippen LogP contribution is -2.38. The third-order valence-electron chi connectivity index (χ3n) is 5.23. The third kappa shape index (κ3) is 2.77. The summed E-state index contributed by atoms with van der Waals surface area (Å²) in [5.74, 6) is 0.783. The number of para-hydroxylation sites is 1. The molecule has 1 saturated heterocycles. The summed E-state index contributed by atoms with van der Waals surface area (Å²) in [6.45, 7) is 4.90. The van der Waals surface area contributed by atoms with Crippen LogP contribution in [0.4, 0.5) is 11.4 Å². The Morgan fingerprint density at radius 1 is 1.12 bits per heavy atom. The van der Waals surface area contributed by atoms with E-state index < -0.39 is 0 Å². The fourth-order valence-electron chi connectivity index (χ4n) is 3.68. The molecule has 4 heteroatoms. The van der Waals surface area contributed by atoms with Gasteiger partial charge in [0, 0.05) is 37.2 Å². The number of carbonyl (C=O) groups excluding carboxylic acids is 1. The first kappa shape index (κ1) is 15.2. The summed E-state index contributed by atoms with van der Waals surface area (Å²) in [6.07, 6.45) is 4.98. The number of piperidine rings is 1. The van der Waals surface area contributed by atoms with Gasteiger partial charge in [-0.05, 0) is 48.9 Å². The summed E-state index contributed by atoms with van der Waals surface area (Å²) in [5.41, 5.74) is 4.23. The molecule has 2 aliphatic heterocycles. The number of fused-ring (bicyclic) bond motifs is 1. The summed E-state index contributed by atoms with van der Waals surface area (Å²) in [7, 11) is 0. The number of aromatic nitrogens is 1. The molecule has 0 N–H and O–H groups in total. The number of carbonyl (C=O) groups is 1. The average Bonchev–Trinajstić information content (AvgIpc) is 3.06. The van der Waals surface area contributed by atoms with Gasteiger partial charge in [0.15, 0.2) is 0 Å². The van der Waals surface area contributed by atoms with E-state index in [2.05, 4.69) is 41.1 Å². The summed E-state index contributed by atoms with van der Waals surface area (Å²) >= 11 is 0. The van der Waals surface area contributed by atoms with E-state index in [1.165, 1.54) is 11.3 Å². The highest BCUT2D eigenvalue weighted by Gasteiger charge is 2.24. The predicted molar refractivity (Wildman–Crippen MR) is 95.7 cm³/mol. The van der Waals surface area contributed by atoms with Crippen LogP contribution in [0, 0.1) is 5.92 Å². The van der Waals surface area contributed by atoms with Crippen LogP contribution < -0.4 is 4.90 Å². The molecule has 2 aliphatic rings. The molecule has 24 heavy (non-hydrogen) atoms. The molecule has 0 unspecified atom stereocenters. The Labute approximate surface area is 143 Å². The standard InChI is InChI=1S/C20H23N3O/c1-15-7-11-22(12-8-15)20(24)18-14-17(6-10-21-18)23-13-9-16-4-2-3-5-19(16)23/h2-6,10,14-15H,7-9,11-13H2,1H3. The number of hydrogen-bond donors (Lipinski definition) is 0. The second-order valence-electron chi connectivity index (χ2n) is 6.90. The van der Waals surface area contributed by atoms with E-state index in [-0.39, 0.29) is 5.91 Å². The smallest absolute Gasteiger partial charge is 0.272 e. The molecule has 0 aliphatic carbocycles. The van der Waals surface area contributed by atoms with Gasteiger partial charge in [-0.2, -0.15) is 0 Å². The second kappa shape index (κ2) is 6.27. The lowest BCUT2D eigenvalue weighted by molar-refractivity contribution is 0.0691. The van der Waals surface area contributed by atoms with Crippen molar-refractivity contribution in [1.82, 2.24) is 9.88 Å². The zero-order valence-corrected chi connectivity index (χ0v) is 14.1. The molecule has 1 fully saturated rings. The zero-order chi connectivity index (χ0) is 16.5. The number of likely N-dealkylation sites (tertiary alicyclic amines) is 1. The van der Waals surface area contributed by atoms with Crippen LogP contribution in [-0.2, 0) is 6.42 Å². The predicted octanol–water partition coefficient (Wildman–Crippen LogP) is 3.65. The number of rotatable bonds is 2. The molecule has 4 nitrogen and oxygen atoms in total. The number of pyridine rings is 1. The van der Waals surface area contributed by atoms with Crippen molar-refractivity contribution in [3.05, 3.63) is 53.9 Å². The van der Waals surface area contributed by atoms with Crippen LogP contribution >= 0.6 is 0 Å². The van der Waals surface area contributed by atoms with Crippen LogP contribution in [0.2, 0.25) is 0 Å². The van der Waals surface area contributed by atoms with Crippen molar-refractivity contribution in [2.24, 2.45) is 5.92 Å². The second-order valence-corrected chi connectivity index (χ2v) is 6.90. The maximum Gasteiger partial charge on any atom is 0.272 e. The molecule has 0 bridgehead atoms. The van der Waals surface area contributed by atoms with E-state index >= 15 is 0 Å². The molecular formula is C20H23N3O. The van der Waals surface area contributed by atoms with Crippen LogP contribution in [-0.4, -0.2) is 35.4 Å². The van der Waals surface area contributed by atoms with E-state index in [1.807, 2.05) is 17.0 Å². The van der Waals surface area contributed by atoms with Crippen molar-refractivity contribution < 1.29 is 4.79 Å². The molecule has 3 heterocycles. The first-order valence-electron chi connectivity index (χ1n) is 8.83. The fourth-order valence-corrected chi connectivity index (χ4v) is 3.68. The van der Waals surface area contributed by atoms with Crippen LogP contribution in [0.15, 0.2) is 42.6 Å². The van der Waals surface area contributed by atoms with Crippen molar-refractivity contribution in [2.75, 3.05) is 24.5 Å². The average molecular weight is 321 g/mol. The summed E-state index contributed by atoms with van der Waals surface area (Å²) in [4.78, 5) is 21.3. The minimum atomic E-state index is 0.0660. The van der Waals surface area contributed by atoms with Crippen LogP contribution in [0.3, 0.4) is 0 Å². The van der Waals surface area contributed by atoms with E-state index in [9.17, 15) is 4.79 Å². The minimum Gasteiger partial charge on any atom is -0.341 e. The van der Waals surface area contributed by atoms with Crippen molar-refractivity contribution in [3.8, 4) is 0 Å². The van der Waals surface area contributed by atoms with Gasteiger partial charge in [-0.15, -0.1) is 0 Å². The van der Waals surface area contributed by atoms with Crippen molar-refractivity contribution in [3.63, 3.8) is 0 Å². The van der Waals surface area contributed by atoms with Gasteiger partial charge in [0.05, 0.1) is 0 Å². The summed E-state index contributed by atoms with van der Waals surface area (Å²) in [5, 5.41) is 0. The SMILES string of the molecule is CC1CCN(C(=O)c2cc(N3CCc4ccccc43)ccn2)CC1. The number of anilines is 2. The molecule has 1 amide bonds. The number of amides is 1. The molecular weight excluding hydrogens is 298 g/mol. The topological polar surface area (TPSA) is 36.4 Å². The van der Waals surface area contributed by atoms with Gasteiger partial charge in [-0.1, -0.05) is 25.1 Å². The molecule has 0 saturated carbocycles. The first-order valence-corrected chi connectivity index (χ1v) is 8.83. The Morgan fingerprint density at radius 3 is 2.75 bits per heavy atom. The molecule has 1 aromatic heterocycles. The van der Waals surface area contributed by atoms with Gasteiger partial charge in [0.25, 0.3) is 5.91 Å². The largest absolute Gasteiger partial charge is 0.341 e. The first-order chi connectivity index (χ1) is 11.7. The summed E-state index contributed by atoms with van der Waals surface area (Å²) < 4.78 is 0. The fraction of sp³-hybridized carbons (Fsp3) is 0.400. The normalized spacial score (nSPS) is 17.9. The highest BCUT2D eigenvalue weighted by atomic mass is 16.2. The Balaban J connectivity index is 1.57. The maximum atomic E-state index is 12.8. The van der Waals surface area contributed by atoms with Crippen LogP contribution in [0.1, 0.15) is 35.8 Å². The minimum absolute atomic E-state index is 0.0660. The van der Waals surface area contributed by atoms with E-state index in [0.717, 1.165) is 50.5 Å². The molecule has 1 aromatic carbocycles. The Morgan fingerprint density at radius 2 is 1.92 bits per heavy atom. The van der Waals surface area contributed by atoms with Crippen molar-refractivity contribution >= 4 is 17.3 Å². The van der Waals surface area contributed by atoms with E-state index in [1.54, 1.807) is 6.20 Å². The quantitative estimate of drug-likeness (QED) is 0.847. The lowest BCUT2D eigenvalue weighted by atomic mass is 9.99. The number of hydrogen-bond acceptors (Lipinski definition) is 3. The zero-order valence-electron chi connectivity index (χ0n) is 14.1. The molecule has 0 spiro atoms. The molecule has 124 valence electrons. The van der Waals surface area contributed by atoms with Crippen molar-refractivity contribution in [1.29, 1.82) is 0 Å². The van der Waals surface area contributed by atoms with E-state index in [0.29, 0.717) is 5.69 Å². The lowest BCUT2D eigenvalue weighted by Gasteiger charge is -2.30. The maximum absolute atomic E-state index is 12.8. The monoisotopic (exact) mass is 321 g/mol. The Hall–Kier alpha value is -2.36. The van der Waals surface area contributed by atoms with Crippen molar-refractivity contribution in [2.45, 2.75) is 26.2 Å².